The molecule has 4 aromatic rings. The van der Waals surface area contributed by atoms with Gasteiger partial charge in [-0.25, -0.2) is 4.98 Å². The molecule has 0 aliphatic carbocycles. The molecule has 1 amide bonds. The predicted octanol–water partition coefficient (Wildman–Crippen LogP) is 4.71. The van der Waals surface area contributed by atoms with E-state index >= 15 is 0 Å². The standard InChI is InChI=1S/C21H21N5O2S/c1-13(2)26-12-22-16-10-14(5-6-17(16)26)21(27)25-8-3-4-18(25)20-24-23-19(28-20)15-7-9-29-11-15/h5-7,9-13,18H,3-4,8H2,1-2H3. The van der Waals surface area contributed by atoms with E-state index in [1.807, 2.05) is 46.3 Å². The highest BCUT2D eigenvalue weighted by Gasteiger charge is 2.34. The summed E-state index contributed by atoms with van der Waals surface area (Å²) in [6.07, 6.45) is 3.56. The van der Waals surface area contributed by atoms with Crippen molar-refractivity contribution in [1.82, 2.24) is 24.6 Å². The summed E-state index contributed by atoms with van der Waals surface area (Å²) in [6.45, 7) is 4.91. The van der Waals surface area contributed by atoms with Crippen LogP contribution in [0.2, 0.25) is 0 Å². The van der Waals surface area contributed by atoms with E-state index < -0.39 is 0 Å². The number of rotatable bonds is 4. The SMILES string of the molecule is CC(C)n1cnc2cc(C(=O)N3CCCC3c3nnc(-c4ccsc4)o3)ccc21. The molecule has 5 rings (SSSR count). The lowest BCUT2D eigenvalue weighted by atomic mass is 10.1. The van der Waals surface area contributed by atoms with Gasteiger partial charge in [-0.05, 0) is 56.3 Å². The van der Waals surface area contributed by atoms with Gasteiger partial charge in [0.05, 0.1) is 17.4 Å². The van der Waals surface area contributed by atoms with Crippen molar-refractivity contribution in [2.45, 2.75) is 38.8 Å². The van der Waals surface area contributed by atoms with Crippen LogP contribution in [0.3, 0.4) is 0 Å². The zero-order valence-corrected chi connectivity index (χ0v) is 17.1. The van der Waals surface area contributed by atoms with Crippen LogP contribution in [0.15, 0.2) is 45.8 Å². The number of carbonyl (C=O) groups excluding carboxylic acids is 1. The van der Waals surface area contributed by atoms with E-state index in [0.717, 1.165) is 29.4 Å². The van der Waals surface area contributed by atoms with E-state index in [-0.39, 0.29) is 11.9 Å². The van der Waals surface area contributed by atoms with Gasteiger partial charge in [-0.2, -0.15) is 11.3 Å². The lowest BCUT2D eigenvalue weighted by molar-refractivity contribution is 0.0716. The predicted molar refractivity (Wildman–Crippen MR) is 111 cm³/mol. The Bertz CT molecular complexity index is 1160. The molecular formula is C21H21N5O2S. The van der Waals surface area contributed by atoms with Gasteiger partial charge in [0.2, 0.25) is 11.8 Å². The highest BCUT2D eigenvalue weighted by Crippen LogP contribution is 2.34. The number of fused-ring (bicyclic) bond motifs is 1. The number of imidazole rings is 1. The average molecular weight is 407 g/mol. The monoisotopic (exact) mass is 407 g/mol. The number of hydrogen-bond donors (Lipinski definition) is 0. The van der Waals surface area contributed by atoms with Crippen molar-refractivity contribution in [3.8, 4) is 11.5 Å². The second-order valence-corrected chi connectivity index (χ2v) is 8.34. The van der Waals surface area contributed by atoms with Crippen LogP contribution in [-0.4, -0.2) is 37.1 Å². The first-order valence-corrected chi connectivity index (χ1v) is 10.7. The van der Waals surface area contributed by atoms with Gasteiger partial charge < -0.3 is 13.9 Å². The number of hydrogen-bond acceptors (Lipinski definition) is 6. The first-order chi connectivity index (χ1) is 14.1. The summed E-state index contributed by atoms with van der Waals surface area (Å²) in [5.41, 5.74) is 3.41. The summed E-state index contributed by atoms with van der Waals surface area (Å²) in [5.74, 6) is 0.979. The van der Waals surface area contributed by atoms with Crippen molar-refractivity contribution >= 4 is 28.3 Å². The molecule has 8 heteroatoms. The van der Waals surface area contributed by atoms with Crippen molar-refractivity contribution in [2.75, 3.05) is 6.54 Å². The van der Waals surface area contributed by atoms with Gasteiger partial charge in [0, 0.05) is 29.1 Å². The molecule has 29 heavy (non-hydrogen) atoms. The van der Waals surface area contributed by atoms with Crippen molar-refractivity contribution < 1.29 is 9.21 Å². The minimum Gasteiger partial charge on any atom is -0.418 e. The maximum atomic E-state index is 13.3. The number of aromatic nitrogens is 4. The van der Waals surface area contributed by atoms with Gasteiger partial charge in [-0.15, -0.1) is 10.2 Å². The van der Waals surface area contributed by atoms with Crippen molar-refractivity contribution in [3.63, 3.8) is 0 Å². The molecule has 0 N–H and O–H groups in total. The third kappa shape index (κ3) is 3.13. The number of thiophene rings is 1. The molecule has 1 atom stereocenters. The fourth-order valence-electron chi connectivity index (χ4n) is 3.88. The lowest BCUT2D eigenvalue weighted by Gasteiger charge is -2.22. The largest absolute Gasteiger partial charge is 0.418 e. The zero-order chi connectivity index (χ0) is 20.0. The molecule has 1 aliphatic heterocycles. The van der Waals surface area contributed by atoms with Gasteiger partial charge in [0.15, 0.2) is 0 Å². The van der Waals surface area contributed by atoms with E-state index in [0.29, 0.717) is 29.9 Å². The number of carbonyl (C=O) groups is 1. The van der Waals surface area contributed by atoms with Crippen molar-refractivity contribution in [1.29, 1.82) is 0 Å². The topological polar surface area (TPSA) is 77.1 Å². The van der Waals surface area contributed by atoms with Crippen LogP contribution in [-0.2, 0) is 0 Å². The molecule has 3 aromatic heterocycles. The van der Waals surface area contributed by atoms with Crippen LogP contribution in [0.1, 0.15) is 55.0 Å². The molecule has 0 radical (unpaired) electrons. The smallest absolute Gasteiger partial charge is 0.254 e. The van der Waals surface area contributed by atoms with Gasteiger partial charge in [0.25, 0.3) is 5.91 Å². The minimum absolute atomic E-state index is 0.0243. The number of nitrogens with zero attached hydrogens (tertiary/aromatic N) is 5. The van der Waals surface area contributed by atoms with Crippen LogP contribution in [0, 0.1) is 0 Å². The maximum Gasteiger partial charge on any atom is 0.254 e. The quantitative estimate of drug-likeness (QED) is 0.490. The van der Waals surface area contributed by atoms with E-state index in [1.165, 1.54) is 0 Å². The number of likely N-dealkylation sites (tertiary alicyclic amines) is 1. The molecule has 0 saturated carbocycles. The Morgan fingerprint density at radius 2 is 2.17 bits per heavy atom. The van der Waals surface area contributed by atoms with Gasteiger partial charge in [0.1, 0.15) is 6.04 Å². The van der Waals surface area contributed by atoms with Crippen LogP contribution in [0.5, 0.6) is 0 Å². The lowest BCUT2D eigenvalue weighted by Crippen LogP contribution is -2.30. The zero-order valence-electron chi connectivity index (χ0n) is 16.3. The van der Waals surface area contributed by atoms with E-state index in [9.17, 15) is 4.79 Å². The Hall–Kier alpha value is -3.00. The third-order valence-electron chi connectivity index (χ3n) is 5.39. The van der Waals surface area contributed by atoms with Gasteiger partial charge in [-0.3, -0.25) is 4.79 Å². The van der Waals surface area contributed by atoms with Crippen molar-refractivity contribution in [3.05, 3.63) is 52.8 Å². The normalized spacial score (nSPS) is 16.9. The van der Waals surface area contributed by atoms with Crippen LogP contribution in [0.25, 0.3) is 22.5 Å². The molecule has 0 spiro atoms. The van der Waals surface area contributed by atoms with E-state index in [4.69, 9.17) is 4.42 Å². The summed E-state index contributed by atoms with van der Waals surface area (Å²) >= 11 is 1.58. The van der Waals surface area contributed by atoms with Crippen LogP contribution in [0.4, 0.5) is 0 Å². The molecule has 1 fully saturated rings. The first kappa shape index (κ1) is 18.1. The third-order valence-corrected chi connectivity index (χ3v) is 6.07. The Morgan fingerprint density at radius 1 is 1.28 bits per heavy atom. The molecule has 7 nitrogen and oxygen atoms in total. The Balaban J connectivity index is 1.42. The molecule has 1 saturated heterocycles. The molecule has 1 aliphatic rings. The summed E-state index contributed by atoms with van der Waals surface area (Å²) in [6, 6.07) is 7.81. The van der Waals surface area contributed by atoms with Gasteiger partial charge >= 0.3 is 0 Å². The highest BCUT2D eigenvalue weighted by molar-refractivity contribution is 7.08. The summed E-state index contributed by atoms with van der Waals surface area (Å²) in [5, 5.41) is 12.3. The summed E-state index contributed by atoms with van der Waals surface area (Å²) in [4.78, 5) is 19.6. The van der Waals surface area contributed by atoms with Crippen molar-refractivity contribution in [2.24, 2.45) is 0 Å². The fourth-order valence-corrected chi connectivity index (χ4v) is 4.51. The second-order valence-electron chi connectivity index (χ2n) is 7.56. The number of amides is 1. The van der Waals surface area contributed by atoms with E-state index in [1.54, 1.807) is 11.3 Å². The molecule has 148 valence electrons. The first-order valence-electron chi connectivity index (χ1n) is 9.75. The molecular weight excluding hydrogens is 386 g/mol. The van der Waals surface area contributed by atoms with Gasteiger partial charge in [-0.1, -0.05) is 0 Å². The molecule has 0 bridgehead atoms. The maximum absolute atomic E-state index is 13.3. The van der Waals surface area contributed by atoms with Crippen LogP contribution < -0.4 is 0 Å². The highest BCUT2D eigenvalue weighted by atomic mass is 32.1. The molecule has 1 aromatic carbocycles. The second kappa shape index (κ2) is 7.11. The Kier molecular flexibility index (Phi) is 4.43. The Labute approximate surface area is 172 Å². The Morgan fingerprint density at radius 3 is 2.97 bits per heavy atom. The summed E-state index contributed by atoms with van der Waals surface area (Å²) in [7, 11) is 0. The number of benzene rings is 1. The molecule has 1 unspecified atom stereocenters. The fraction of sp³-hybridized carbons (Fsp3) is 0.333. The molecule has 4 heterocycles. The average Bonchev–Trinajstić information content (AvgIpc) is 3.52. The van der Waals surface area contributed by atoms with E-state index in [2.05, 4.69) is 33.6 Å². The van der Waals surface area contributed by atoms with Crippen LogP contribution >= 0.6 is 11.3 Å². The summed E-state index contributed by atoms with van der Waals surface area (Å²) < 4.78 is 8.01. The minimum atomic E-state index is -0.189.